The van der Waals surface area contributed by atoms with Crippen LogP contribution in [-0.4, -0.2) is 4.98 Å². The van der Waals surface area contributed by atoms with Crippen molar-refractivity contribution in [3.8, 4) is 0 Å². The highest BCUT2D eigenvalue weighted by Gasteiger charge is 1.97. The van der Waals surface area contributed by atoms with Gasteiger partial charge in [0.15, 0.2) is 3.95 Å². The number of fused-ring (bicyclic) bond motifs is 1. The average molecular weight is 269 g/mol. The largest absolute Gasteiger partial charge is 0.337 e. The van der Waals surface area contributed by atoms with Crippen LogP contribution in [0.15, 0.2) is 42.5 Å². The molecule has 0 amide bonds. The van der Waals surface area contributed by atoms with Crippen molar-refractivity contribution in [3.05, 3.63) is 61.9 Å². The first-order chi connectivity index (χ1) is 8.74. The van der Waals surface area contributed by atoms with Crippen LogP contribution in [0.5, 0.6) is 0 Å². The molecule has 0 aliphatic rings. The summed E-state index contributed by atoms with van der Waals surface area (Å²) >= 11 is 6.69. The fourth-order valence-electron chi connectivity index (χ4n) is 2.01. The molecule has 0 bridgehead atoms. The Hall–Kier alpha value is -1.71. The molecule has 1 heterocycles. The lowest BCUT2D eigenvalue weighted by atomic mass is 10.0. The van der Waals surface area contributed by atoms with Crippen molar-refractivity contribution >= 4 is 47.0 Å². The maximum Gasteiger partial charge on any atom is 0.159 e. The van der Waals surface area contributed by atoms with Gasteiger partial charge >= 0.3 is 0 Å². The zero-order valence-corrected chi connectivity index (χ0v) is 11.3. The Morgan fingerprint density at radius 3 is 2.67 bits per heavy atom. The quantitative estimate of drug-likeness (QED) is 0.671. The van der Waals surface area contributed by atoms with Gasteiger partial charge in [-0.05, 0) is 34.6 Å². The molecule has 0 saturated heterocycles. The Bertz CT molecular complexity index is 866. The lowest BCUT2D eigenvalue weighted by Gasteiger charge is -2.00. The number of hydrogen-bond acceptors (Lipinski definition) is 2. The van der Waals surface area contributed by atoms with Crippen molar-refractivity contribution in [2.24, 2.45) is 0 Å². The van der Waals surface area contributed by atoms with Crippen molar-refractivity contribution in [3.63, 3.8) is 0 Å². The summed E-state index contributed by atoms with van der Waals surface area (Å²) in [4.78, 5) is 3.07. The summed E-state index contributed by atoms with van der Waals surface area (Å²) in [5, 5.41) is 3.38. The van der Waals surface area contributed by atoms with Gasteiger partial charge < -0.3 is 4.98 Å². The SMILES string of the molecule is C=c1[nH]c(=S)s/c1=C\c1cccc2ccccc12. The molecule has 0 spiro atoms. The Morgan fingerprint density at radius 1 is 1.11 bits per heavy atom. The van der Waals surface area contributed by atoms with Crippen molar-refractivity contribution < 1.29 is 0 Å². The molecule has 0 aliphatic heterocycles. The van der Waals surface area contributed by atoms with Crippen LogP contribution in [0.1, 0.15) is 5.56 Å². The van der Waals surface area contributed by atoms with Crippen LogP contribution in [0.3, 0.4) is 0 Å². The molecular weight excluding hydrogens is 258 g/mol. The number of rotatable bonds is 1. The van der Waals surface area contributed by atoms with Gasteiger partial charge in [-0.25, -0.2) is 0 Å². The van der Waals surface area contributed by atoms with E-state index < -0.39 is 0 Å². The lowest BCUT2D eigenvalue weighted by molar-refractivity contribution is 1.31. The molecule has 1 aromatic heterocycles. The highest BCUT2D eigenvalue weighted by atomic mass is 32.1. The zero-order chi connectivity index (χ0) is 12.5. The Labute approximate surface area is 114 Å². The summed E-state index contributed by atoms with van der Waals surface area (Å²) in [7, 11) is 0. The van der Waals surface area contributed by atoms with E-state index in [1.54, 1.807) is 11.3 Å². The lowest BCUT2D eigenvalue weighted by Crippen LogP contribution is -2.18. The van der Waals surface area contributed by atoms with E-state index in [-0.39, 0.29) is 0 Å². The minimum absolute atomic E-state index is 0.770. The second-order valence-electron chi connectivity index (χ2n) is 4.07. The standard InChI is InChI=1S/C15H11NS2/c1-10-14(18-15(17)16-10)9-12-7-4-6-11-5-2-3-8-13(11)12/h2-9H,1H2,(H,16,17)/b14-9-. The number of nitrogens with one attached hydrogen (secondary N) is 1. The number of thiazole rings is 1. The predicted octanol–water partition coefficient (Wildman–Crippen LogP) is 3.20. The molecule has 0 radical (unpaired) electrons. The number of aromatic nitrogens is 1. The second-order valence-corrected chi connectivity index (χ2v) is 5.79. The average Bonchev–Trinajstić information content (AvgIpc) is 2.68. The van der Waals surface area contributed by atoms with Crippen molar-refractivity contribution in [1.29, 1.82) is 0 Å². The highest BCUT2D eigenvalue weighted by Crippen LogP contribution is 2.18. The van der Waals surface area contributed by atoms with Crippen LogP contribution >= 0.6 is 23.6 Å². The van der Waals surface area contributed by atoms with Crippen molar-refractivity contribution in [1.82, 2.24) is 4.98 Å². The van der Waals surface area contributed by atoms with Crippen molar-refractivity contribution in [2.45, 2.75) is 0 Å². The molecule has 1 N–H and O–H groups in total. The van der Waals surface area contributed by atoms with E-state index in [0.29, 0.717) is 0 Å². The van der Waals surface area contributed by atoms with E-state index in [1.165, 1.54) is 16.3 Å². The van der Waals surface area contributed by atoms with Crippen LogP contribution in [0.4, 0.5) is 0 Å². The van der Waals surface area contributed by atoms with E-state index in [1.807, 2.05) is 0 Å². The molecule has 0 saturated carbocycles. The first-order valence-corrected chi connectivity index (χ1v) is 6.84. The number of H-pyrrole nitrogens is 1. The molecule has 0 aliphatic carbocycles. The summed E-state index contributed by atoms with van der Waals surface area (Å²) < 4.78 is 1.86. The topological polar surface area (TPSA) is 15.8 Å². The van der Waals surface area contributed by atoms with E-state index in [4.69, 9.17) is 12.2 Å². The molecule has 1 nitrogen and oxygen atoms in total. The van der Waals surface area contributed by atoms with Gasteiger partial charge in [-0.15, -0.1) is 11.3 Å². The first-order valence-electron chi connectivity index (χ1n) is 5.61. The van der Waals surface area contributed by atoms with E-state index >= 15 is 0 Å². The monoisotopic (exact) mass is 269 g/mol. The molecule has 3 heteroatoms. The van der Waals surface area contributed by atoms with Gasteiger partial charge in [-0.2, -0.15) is 0 Å². The molecular formula is C15H11NS2. The smallest absolute Gasteiger partial charge is 0.159 e. The summed E-state index contributed by atoms with van der Waals surface area (Å²) in [6.45, 7) is 3.97. The fourth-order valence-corrected chi connectivity index (χ4v) is 3.13. The van der Waals surface area contributed by atoms with Crippen LogP contribution in [0.2, 0.25) is 0 Å². The molecule has 2 aromatic carbocycles. The Balaban J connectivity index is 2.34. The van der Waals surface area contributed by atoms with Gasteiger partial charge in [-0.3, -0.25) is 0 Å². The van der Waals surface area contributed by atoms with Gasteiger partial charge in [0.05, 0.1) is 4.53 Å². The Kier molecular flexibility index (Phi) is 2.86. The molecule has 0 atom stereocenters. The van der Waals surface area contributed by atoms with E-state index in [0.717, 1.165) is 13.8 Å². The molecule has 88 valence electrons. The Morgan fingerprint density at radius 2 is 1.89 bits per heavy atom. The molecule has 3 rings (SSSR count). The van der Waals surface area contributed by atoms with E-state index in [2.05, 4.69) is 60.1 Å². The zero-order valence-electron chi connectivity index (χ0n) is 9.64. The van der Waals surface area contributed by atoms with Crippen LogP contribution in [0.25, 0.3) is 23.4 Å². The summed E-state index contributed by atoms with van der Waals surface area (Å²) in [5.41, 5.74) is 1.20. The molecule has 18 heavy (non-hydrogen) atoms. The number of aromatic amines is 1. The van der Waals surface area contributed by atoms with Gasteiger partial charge in [0, 0.05) is 5.35 Å². The third-order valence-corrected chi connectivity index (χ3v) is 4.09. The van der Waals surface area contributed by atoms with Crippen LogP contribution in [-0.2, 0) is 0 Å². The molecule has 3 aromatic rings. The van der Waals surface area contributed by atoms with Gasteiger partial charge in [0.2, 0.25) is 0 Å². The molecule has 0 fully saturated rings. The first kappa shape index (κ1) is 11.4. The van der Waals surface area contributed by atoms with Gasteiger partial charge in [0.25, 0.3) is 0 Å². The fraction of sp³-hybridized carbons (Fsp3) is 0. The van der Waals surface area contributed by atoms with Gasteiger partial charge in [-0.1, -0.05) is 49.0 Å². The third kappa shape index (κ3) is 2.03. The summed E-state index contributed by atoms with van der Waals surface area (Å²) in [5.74, 6) is 0. The third-order valence-electron chi connectivity index (χ3n) is 2.86. The molecule has 0 unspecified atom stereocenters. The number of benzene rings is 2. The normalized spacial score (nSPS) is 12.1. The second kappa shape index (κ2) is 4.52. The minimum atomic E-state index is 0.770. The van der Waals surface area contributed by atoms with Gasteiger partial charge in [0.1, 0.15) is 0 Å². The van der Waals surface area contributed by atoms with Crippen LogP contribution in [0, 0.1) is 3.95 Å². The number of hydrogen-bond donors (Lipinski definition) is 1. The summed E-state index contributed by atoms with van der Waals surface area (Å²) in [6, 6.07) is 14.7. The van der Waals surface area contributed by atoms with Crippen molar-refractivity contribution in [2.75, 3.05) is 0 Å². The summed E-state index contributed by atoms with van der Waals surface area (Å²) in [6.07, 6.45) is 2.14. The van der Waals surface area contributed by atoms with Crippen LogP contribution < -0.4 is 9.88 Å². The van der Waals surface area contributed by atoms with E-state index in [9.17, 15) is 0 Å². The highest BCUT2D eigenvalue weighted by molar-refractivity contribution is 7.73. The maximum absolute atomic E-state index is 5.14. The predicted molar refractivity (Wildman–Crippen MR) is 81.8 cm³/mol. The maximum atomic E-state index is 5.14. The minimum Gasteiger partial charge on any atom is -0.337 e.